The fourth-order valence-electron chi connectivity index (χ4n) is 2.52. The van der Waals surface area contributed by atoms with Crippen molar-refractivity contribution in [3.05, 3.63) is 95.1 Å². The molecule has 3 aromatic rings. The van der Waals surface area contributed by atoms with Crippen molar-refractivity contribution in [1.82, 2.24) is 0 Å². The minimum atomic E-state index is -3.83. The van der Waals surface area contributed by atoms with Crippen molar-refractivity contribution in [3.8, 4) is 6.07 Å². The summed E-state index contributed by atoms with van der Waals surface area (Å²) < 4.78 is 52.1. The topological polar surface area (TPSA) is 57.9 Å². The van der Waals surface area contributed by atoms with Crippen LogP contribution in [-0.4, -0.2) is 8.42 Å². The Morgan fingerprint density at radius 1 is 0.889 bits per heavy atom. The first-order valence-corrected chi connectivity index (χ1v) is 9.37. The lowest BCUT2D eigenvalue weighted by atomic mass is 10.1. The second-order valence-electron chi connectivity index (χ2n) is 5.68. The Kier molecular flexibility index (Phi) is 5.15. The molecule has 0 saturated carbocycles. The largest absolute Gasteiger partial charge is 0.218 e. The van der Waals surface area contributed by atoms with Gasteiger partial charge in [0.1, 0.15) is 17.7 Å². The molecule has 3 rings (SSSR count). The minimum Gasteiger partial charge on any atom is -0.218 e. The number of hydrogen-bond donors (Lipinski definition) is 0. The molecule has 0 N–H and O–H groups in total. The number of hydrogen-bond acceptors (Lipinski definition) is 3. The molecule has 0 fully saturated rings. The van der Waals surface area contributed by atoms with Crippen molar-refractivity contribution >= 4 is 22.0 Å². The normalized spacial score (nSPS) is 11.4. The molecule has 3 nitrogen and oxygen atoms in total. The quantitative estimate of drug-likeness (QED) is 0.608. The SMILES string of the molecule is N#Cc1cc(/C=C/c2ccc(F)cc2F)ccc1S(=O)(=O)c1ccccc1. The zero-order valence-corrected chi connectivity index (χ0v) is 14.7. The van der Waals surface area contributed by atoms with E-state index in [2.05, 4.69) is 0 Å². The maximum atomic E-state index is 13.7. The van der Waals surface area contributed by atoms with Gasteiger partial charge in [-0.3, -0.25) is 0 Å². The molecule has 0 aromatic heterocycles. The number of sulfone groups is 1. The van der Waals surface area contributed by atoms with E-state index in [0.29, 0.717) is 5.56 Å². The molecule has 0 radical (unpaired) electrons. The van der Waals surface area contributed by atoms with Crippen molar-refractivity contribution in [2.75, 3.05) is 0 Å². The van der Waals surface area contributed by atoms with E-state index in [0.717, 1.165) is 12.1 Å². The first-order valence-electron chi connectivity index (χ1n) is 7.89. The number of nitrogens with zero attached hydrogens (tertiary/aromatic N) is 1. The van der Waals surface area contributed by atoms with Gasteiger partial charge in [-0.1, -0.05) is 36.4 Å². The third-order valence-corrected chi connectivity index (χ3v) is 5.71. The van der Waals surface area contributed by atoms with E-state index in [4.69, 9.17) is 0 Å². The molecule has 0 unspecified atom stereocenters. The number of benzene rings is 3. The van der Waals surface area contributed by atoms with Crippen LogP contribution in [0.5, 0.6) is 0 Å². The molecule has 0 atom stereocenters. The highest BCUT2D eigenvalue weighted by atomic mass is 32.2. The van der Waals surface area contributed by atoms with Gasteiger partial charge in [0.2, 0.25) is 9.84 Å². The van der Waals surface area contributed by atoms with Gasteiger partial charge < -0.3 is 0 Å². The highest BCUT2D eigenvalue weighted by Crippen LogP contribution is 2.25. The first-order chi connectivity index (χ1) is 12.9. The average Bonchev–Trinajstić information content (AvgIpc) is 2.67. The monoisotopic (exact) mass is 381 g/mol. The van der Waals surface area contributed by atoms with Crippen molar-refractivity contribution in [2.45, 2.75) is 9.79 Å². The van der Waals surface area contributed by atoms with E-state index >= 15 is 0 Å². The van der Waals surface area contributed by atoms with Crippen LogP contribution in [0.3, 0.4) is 0 Å². The lowest BCUT2D eigenvalue weighted by Gasteiger charge is -2.07. The van der Waals surface area contributed by atoms with E-state index in [1.807, 2.05) is 6.07 Å². The summed E-state index contributed by atoms with van der Waals surface area (Å²) in [6.45, 7) is 0. The van der Waals surface area contributed by atoms with Crippen LogP contribution in [-0.2, 0) is 9.84 Å². The van der Waals surface area contributed by atoms with Gasteiger partial charge in [-0.25, -0.2) is 17.2 Å². The average molecular weight is 381 g/mol. The molecule has 3 aromatic carbocycles. The second kappa shape index (κ2) is 7.52. The zero-order valence-electron chi connectivity index (χ0n) is 13.9. The molecule has 0 spiro atoms. The Bertz CT molecular complexity index is 1160. The summed E-state index contributed by atoms with van der Waals surface area (Å²) in [6.07, 6.45) is 2.95. The molecule has 0 bridgehead atoms. The van der Waals surface area contributed by atoms with Crippen molar-refractivity contribution in [2.24, 2.45) is 0 Å². The molecule has 0 aliphatic carbocycles. The minimum absolute atomic E-state index is 0.0134. The van der Waals surface area contributed by atoms with E-state index in [1.54, 1.807) is 18.2 Å². The fraction of sp³-hybridized carbons (Fsp3) is 0. The predicted octanol–water partition coefficient (Wildman–Crippen LogP) is 4.84. The van der Waals surface area contributed by atoms with Gasteiger partial charge in [-0.15, -0.1) is 0 Å². The van der Waals surface area contributed by atoms with Gasteiger partial charge in [0.25, 0.3) is 0 Å². The molecule has 134 valence electrons. The Balaban J connectivity index is 1.98. The van der Waals surface area contributed by atoms with E-state index < -0.39 is 21.5 Å². The van der Waals surface area contributed by atoms with Crippen LogP contribution < -0.4 is 0 Å². The Morgan fingerprint density at radius 2 is 1.63 bits per heavy atom. The van der Waals surface area contributed by atoms with Crippen molar-refractivity contribution in [1.29, 1.82) is 5.26 Å². The van der Waals surface area contributed by atoms with Crippen LogP contribution in [0.25, 0.3) is 12.2 Å². The Hall–Kier alpha value is -3.30. The molecule has 0 aliphatic heterocycles. The van der Waals surface area contributed by atoms with Crippen molar-refractivity contribution in [3.63, 3.8) is 0 Å². The summed E-state index contributed by atoms with van der Waals surface area (Å²) in [5, 5.41) is 9.37. The van der Waals surface area contributed by atoms with Gasteiger partial charge in [0, 0.05) is 11.6 Å². The summed E-state index contributed by atoms with van der Waals surface area (Å²) in [6, 6.07) is 17.2. The van der Waals surface area contributed by atoms with Gasteiger partial charge in [-0.05, 0) is 42.0 Å². The molecular formula is C21H13F2NO2S. The van der Waals surface area contributed by atoms with E-state index in [1.165, 1.54) is 48.6 Å². The van der Waals surface area contributed by atoms with Crippen LogP contribution in [0, 0.1) is 23.0 Å². The first kappa shape index (κ1) is 18.5. The molecule has 6 heteroatoms. The van der Waals surface area contributed by atoms with Gasteiger partial charge in [0.15, 0.2) is 0 Å². The number of nitriles is 1. The standard InChI is InChI=1S/C21H13F2NO2S/c22-18-10-9-16(20(23)13-18)8-6-15-7-11-21(17(12-15)14-24)27(25,26)19-4-2-1-3-5-19/h1-13H/b8-6+. The fourth-order valence-corrected chi connectivity index (χ4v) is 3.93. The molecule has 0 saturated heterocycles. The number of halogens is 2. The summed E-state index contributed by atoms with van der Waals surface area (Å²) >= 11 is 0. The molecule has 0 aliphatic rings. The third kappa shape index (κ3) is 3.94. The summed E-state index contributed by atoms with van der Waals surface area (Å²) in [4.78, 5) is -0.000474. The van der Waals surface area contributed by atoms with Gasteiger partial charge in [0.05, 0.1) is 15.4 Å². The maximum absolute atomic E-state index is 13.7. The third-order valence-electron chi connectivity index (χ3n) is 3.88. The summed E-state index contributed by atoms with van der Waals surface area (Å²) in [7, 11) is -3.83. The van der Waals surface area contributed by atoms with Crippen LogP contribution in [0.2, 0.25) is 0 Å². The van der Waals surface area contributed by atoms with Gasteiger partial charge in [-0.2, -0.15) is 5.26 Å². The molecule has 0 heterocycles. The van der Waals surface area contributed by atoms with Crippen LogP contribution in [0.4, 0.5) is 8.78 Å². The number of rotatable bonds is 4. The van der Waals surface area contributed by atoms with Crippen molar-refractivity contribution < 1.29 is 17.2 Å². The predicted molar refractivity (Wildman–Crippen MR) is 98.3 cm³/mol. The van der Waals surface area contributed by atoms with Crippen LogP contribution in [0.15, 0.2) is 76.5 Å². The van der Waals surface area contributed by atoms with E-state index in [-0.39, 0.29) is 20.9 Å². The van der Waals surface area contributed by atoms with E-state index in [9.17, 15) is 22.5 Å². The lowest BCUT2D eigenvalue weighted by molar-refractivity contribution is 0.581. The lowest BCUT2D eigenvalue weighted by Crippen LogP contribution is -2.04. The van der Waals surface area contributed by atoms with Crippen LogP contribution in [0.1, 0.15) is 16.7 Å². The molecule has 0 amide bonds. The van der Waals surface area contributed by atoms with Gasteiger partial charge >= 0.3 is 0 Å². The second-order valence-corrected chi connectivity index (χ2v) is 7.60. The smallest absolute Gasteiger partial charge is 0.207 e. The molecule has 27 heavy (non-hydrogen) atoms. The summed E-state index contributed by atoms with van der Waals surface area (Å²) in [5.41, 5.74) is 0.679. The Morgan fingerprint density at radius 3 is 2.30 bits per heavy atom. The van der Waals surface area contributed by atoms with Crippen LogP contribution >= 0.6 is 0 Å². The zero-order chi connectivity index (χ0) is 19.4. The highest BCUT2D eigenvalue weighted by molar-refractivity contribution is 7.91. The Labute approximate surface area is 155 Å². The molecular weight excluding hydrogens is 368 g/mol. The highest BCUT2D eigenvalue weighted by Gasteiger charge is 2.21. The maximum Gasteiger partial charge on any atom is 0.207 e. The summed E-state index contributed by atoms with van der Waals surface area (Å²) in [5.74, 6) is -1.39.